The second kappa shape index (κ2) is 5.49. The van der Waals surface area contributed by atoms with Crippen LogP contribution in [0.5, 0.6) is 0 Å². The largest absolute Gasteiger partial charge is 0.369 e. The van der Waals surface area contributed by atoms with Crippen LogP contribution in [0.25, 0.3) is 16.9 Å². The molecule has 6 nitrogen and oxygen atoms in total. The van der Waals surface area contributed by atoms with E-state index in [2.05, 4.69) is 24.4 Å². The molecule has 1 aliphatic rings. The number of hydrogen-bond acceptors (Lipinski definition) is 4. The average molecular weight is 320 g/mol. The fraction of sp³-hybridized carbons (Fsp3) is 0.167. The Morgan fingerprint density at radius 3 is 2.62 bits per heavy atom. The monoisotopic (exact) mass is 320 g/mol. The van der Waals surface area contributed by atoms with Gasteiger partial charge in [0.05, 0.1) is 16.3 Å². The summed E-state index contributed by atoms with van der Waals surface area (Å²) in [6.07, 6.45) is 0.923. The van der Waals surface area contributed by atoms with Crippen LogP contribution < -0.4 is 5.32 Å². The van der Waals surface area contributed by atoms with Crippen molar-refractivity contribution in [1.82, 2.24) is 9.78 Å². The number of benzene rings is 2. The van der Waals surface area contributed by atoms with E-state index in [1.54, 1.807) is 12.1 Å². The second-order valence-electron chi connectivity index (χ2n) is 5.85. The molecule has 0 radical (unpaired) electrons. The highest BCUT2D eigenvalue weighted by atomic mass is 16.6. The third-order valence-electron chi connectivity index (χ3n) is 4.36. The minimum atomic E-state index is -0.395. The van der Waals surface area contributed by atoms with Gasteiger partial charge < -0.3 is 5.32 Å². The Bertz CT molecular complexity index is 929. The quantitative estimate of drug-likeness (QED) is 0.589. The van der Waals surface area contributed by atoms with Gasteiger partial charge in [-0.2, -0.15) is 5.10 Å². The summed E-state index contributed by atoms with van der Waals surface area (Å²) < 4.78 is 1.84. The van der Waals surface area contributed by atoms with Gasteiger partial charge in [-0.1, -0.05) is 24.3 Å². The molecule has 0 amide bonds. The normalized spacial score (nSPS) is 12.7. The molecular weight excluding hydrogens is 304 g/mol. The molecule has 0 saturated carbocycles. The lowest BCUT2D eigenvalue weighted by Crippen LogP contribution is -2.04. The third kappa shape index (κ3) is 2.23. The molecule has 6 heteroatoms. The first-order valence-corrected chi connectivity index (χ1v) is 7.82. The van der Waals surface area contributed by atoms with E-state index in [1.807, 2.05) is 16.8 Å². The summed E-state index contributed by atoms with van der Waals surface area (Å²) in [5.41, 5.74) is 5.37. The standard InChI is InChI=1S/C18H16N4O2/c1-12-4-2-3-5-15(12)17-16-10-11-19-18(16)21(20-17)13-6-8-14(9-7-13)22(23)24/h2-9,19H,10-11H2,1H3. The first-order chi connectivity index (χ1) is 11.6. The van der Waals surface area contributed by atoms with Crippen LogP contribution in [0.2, 0.25) is 0 Å². The van der Waals surface area contributed by atoms with Crippen molar-refractivity contribution < 1.29 is 4.92 Å². The van der Waals surface area contributed by atoms with Crippen molar-refractivity contribution in [1.29, 1.82) is 0 Å². The lowest BCUT2D eigenvalue weighted by atomic mass is 10.0. The fourth-order valence-corrected chi connectivity index (χ4v) is 3.13. The first-order valence-electron chi connectivity index (χ1n) is 7.82. The van der Waals surface area contributed by atoms with Gasteiger partial charge in [0.2, 0.25) is 0 Å². The molecule has 3 aromatic rings. The highest BCUT2D eigenvalue weighted by Gasteiger charge is 2.24. The van der Waals surface area contributed by atoms with Crippen molar-refractivity contribution in [2.24, 2.45) is 0 Å². The number of nitrogens with one attached hydrogen (secondary N) is 1. The van der Waals surface area contributed by atoms with E-state index in [-0.39, 0.29) is 5.69 Å². The summed E-state index contributed by atoms with van der Waals surface area (Å²) >= 11 is 0. The van der Waals surface area contributed by atoms with Crippen LogP contribution in [-0.2, 0) is 6.42 Å². The van der Waals surface area contributed by atoms with Crippen molar-refractivity contribution in [3.63, 3.8) is 0 Å². The van der Waals surface area contributed by atoms with Gasteiger partial charge in [0.25, 0.3) is 5.69 Å². The van der Waals surface area contributed by atoms with E-state index in [0.29, 0.717) is 0 Å². The van der Waals surface area contributed by atoms with Gasteiger partial charge in [-0.25, -0.2) is 4.68 Å². The van der Waals surface area contributed by atoms with Crippen molar-refractivity contribution in [3.8, 4) is 16.9 Å². The molecule has 24 heavy (non-hydrogen) atoms. The van der Waals surface area contributed by atoms with Crippen molar-refractivity contribution in [2.75, 3.05) is 11.9 Å². The van der Waals surface area contributed by atoms with Gasteiger partial charge in [-0.05, 0) is 31.0 Å². The van der Waals surface area contributed by atoms with E-state index in [4.69, 9.17) is 5.10 Å². The zero-order chi connectivity index (χ0) is 16.7. The van der Waals surface area contributed by atoms with Crippen LogP contribution in [0.3, 0.4) is 0 Å². The summed E-state index contributed by atoms with van der Waals surface area (Å²) in [6.45, 7) is 2.95. The molecule has 0 spiro atoms. The topological polar surface area (TPSA) is 73.0 Å². The predicted molar refractivity (Wildman–Crippen MR) is 92.6 cm³/mol. The first kappa shape index (κ1) is 14.4. The Morgan fingerprint density at radius 1 is 1.17 bits per heavy atom. The molecule has 1 aromatic heterocycles. The number of non-ortho nitro benzene ring substituents is 1. The maximum absolute atomic E-state index is 10.8. The smallest absolute Gasteiger partial charge is 0.269 e. The van der Waals surface area contributed by atoms with Crippen LogP contribution in [0, 0.1) is 17.0 Å². The van der Waals surface area contributed by atoms with Crippen LogP contribution in [0.15, 0.2) is 48.5 Å². The lowest BCUT2D eigenvalue weighted by Gasteiger charge is -2.06. The van der Waals surface area contributed by atoms with Gasteiger partial charge in [-0.15, -0.1) is 0 Å². The summed E-state index contributed by atoms with van der Waals surface area (Å²) in [6, 6.07) is 14.7. The molecule has 4 rings (SSSR count). The van der Waals surface area contributed by atoms with Gasteiger partial charge >= 0.3 is 0 Å². The SMILES string of the molecule is Cc1ccccc1-c1nn(-c2ccc([N+](=O)[O-])cc2)c2c1CCN2. The van der Waals surface area contributed by atoms with E-state index < -0.39 is 4.92 Å². The van der Waals surface area contributed by atoms with Crippen LogP contribution in [-0.4, -0.2) is 21.2 Å². The number of nitro groups is 1. The summed E-state index contributed by atoms with van der Waals surface area (Å²) in [5.74, 6) is 0.974. The number of hydrogen-bond donors (Lipinski definition) is 1. The molecule has 1 aliphatic heterocycles. The minimum absolute atomic E-state index is 0.0784. The van der Waals surface area contributed by atoms with Gasteiger partial charge in [-0.3, -0.25) is 10.1 Å². The Balaban J connectivity index is 1.85. The molecule has 0 unspecified atom stereocenters. The minimum Gasteiger partial charge on any atom is -0.369 e. The maximum atomic E-state index is 10.8. The molecule has 0 bridgehead atoms. The van der Waals surface area contributed by atoms with E-state index in [1.165, 1.54) is 23.3 Å². The van der Waals surface area contributed by atoms with Crippen LogP contribution in [0.1, 0.15) is 11.1 Å². The van der Waals surface area contributed by atoms with E-state index in [0.717, 1.165) is 35.7 Å². The summed E-state index contributed by atoms with van der Waals surface area (Å²) in [4.78, 5) is 10.4. The third-order valence-corrected chi connectivity index (χ3v) is 4.36. The molecule has 0 aliphatic carbocycles. The molecule has 2 aromatic carbocycles. The fourth-order valence-electron chi connectivity index (χ4n) is 3.13. The van der Waals surface area contributed by atoms with Crippen LogP contribution in [0.4, 0.5) is 11.5 Å². The predicted octanol–water partition coefficient (Wildman–Crippen LogP) is 3.72. The molecule has 1 N–H and O–H groups in total. The molecule has 0 saturated heterocycles. The number of anilines is 1. The van der Waals surface area contributed by atoms with E-state index >= 15 is 0 Å². The zero-order valence-electron chi connectivity index (χ0n) is 13.2. The molecule has 120 valence electrons. The summed E-state index contributed by atoms with van der Waals surface area (Å²) in [5, 5.41) is 19.0. The maximum Gasteiger partial charge on any atom is 0.269 e. The lowest BCUT2D eigenvalue weighted by molar-refractivity contribution is -0.384. The average Bonchev–Trinajstić information content (AvgIpc) is 3.18. The molecule has 0 fully saturated rings. The van der Waals surface area contributed by atoms with Gasteiger partial charge in [0.15, 0.2) is 0 Å². The van der Waals surface area contributed by atoms with Gasteiger partial charge in [0.1, 0.15) is 5.82 Å². The molecular formula is C18H16N4O2. The number of rotatable bonds is 3. The van der Waals surface area contributed by atoms with Crippen LogP contribution >= 0.6 is 0 Å². The number of aryl methyl sites for hydroxylation is 1. The number of nitro benzene ring substituents is 1. The zero-order valence-corrected chi connectivity index (χ0v) is 13.2. The van der Waals surface area contributed by atoms with Crippen molar-refractivity contribution in [3.05, 3.63) is 69.8 Å². The van der Waals surface area contributed by atoms with E-state index in [9.17, 15) is 10.1 Å². The molecule has 0 atom stereocenters. The Kier molecular flexibility index (Phi) is 3.30. The summed E-state index contributed by atoms with van der Waals surface area (Å²) in [7, 11) is 0. The second-order valence-corrected chi connectivity index (χ2v) is 5.85. The van der Waals surface area contributed by atoms with Gasteiger partial charge in [0, 0.05) is 29.8 Å². The van der Waals surface area contributed by atoms with Crippen molar-refractivity contribution >= 4 is 11.5 Å². The highest BCUT2D eigenvalue weighted by Crippen LogP contribution is 2.35. The number of aromatic nitrogens is 2. The van der Waals surface area contributed by atoms with Crippen molar-refractivity contribution in [2.45, 2.75) is 13.3 Å². The Labute approximate surface area is 138 Å². The highest BCUT2D eigenvalue weighted by molar-refractivity contribution is 5.74. The molecule has 2 heterocycles. The Morgan fingerprint density at radius 2 is 1.92 bits per heavy atom. The Hall–Kier alpha value is -3.15. The number of fused-ring (bicyclic) bond motifs is 1. The number of nitrogens with zero attached hydrogens (tertiary/aromatic N) is 3.